The summed E-state index contributed by atoms with van der Waals surface area (Å²) in [6, 6.07) is 8.48. The van der Waals surface area contributed by atoms with Crippen molar-refractivity contribution in [3.8, 4) is 0 Å². The second kappa shape index (κ2) is 7.69. The number of benzene rings is 1. The zero-order valence-corrected chi connectivity index (χ0v) is 14.7. The molecule has 1 aliphatic carbocycles. The predicted octanol–water partition coefficient (Wildman–Crippen LogP) is 6.37. The molecule has 0 heterocycles. The van der Waals surface area contributed by atoms with E-state index in [2.05, 4.69) is 88.5 Å². The highest BCUT2D eigenvalue weighted by atomic mass is 32.1. The summed E-state index contributed by atoms with van der Waals surface area (Å²) in [6.45, 7) is 10.9. The van der Waals surface area contributed by atoms with Gasteiger partial charge in [-0.1, -0.05) is 62.9 Å². The van der Waals surface area contributed by atoms with E-state index in [4.69, 9.17) is 0 Å². The van der Waals surface area contributed by atoms with Crippen LogP contribution in [-0.4, -0.2) is 0 Å². The molecule has 0 fully saturated rings. The SMILES string of the molecule is C=C1C(=C\c2ccccc2C)/C=C\C(C)CC/C(S)=C\C1C. The Morgan fingerprint density at radius 3 is 2.68 bits per heavy atom. The molecule has 2 rings (SSSR count). The molecule has 0 amide bonds. The monoisotopic (exact) mass is 310 g/mol. The molecule has 22 heavy (non-hydrogen) atoms. The van der Waals surface area contributed by atoms with E-state index in [9.17, 15) is 0 Å². The van der Waals surface area contributed by atoms with Gasteiger partial charge in [0.2, 0.25) is 0 Å². The lowest BCUT2D eigenvalue weighted by molar-refractivity contribution is 0.650. The number of thiol groups is 1. The van der Waals surface area contributed by atoms with Crippen molar-refractivity contribution < 1.29 is 0 Å². The molecule has 0 spiro atoms. The molecule has 2 atom stereocenters. The molecule has 1 aromatic rings. The fourth-order valence-electron chi connectivity index (χ4n) is 2.64. The van der Waals surface area contributed by atoms with Gasteiger partial charge in [-0.25, -0.2) is 0 Å². The molecule has 0 saturated heterocycles. The molecule has 1 heteroatoms. The molecule has 0 aliphatic heterocycles. The van der Waals surface area contributed by atoms with Crippen LogP contribution in [0.2, 0.25) is 0 Å². The quantitative estimate of drug-likeness (QED) is 0.572. The van der Waals surface area contributed by atoms with Crippen molar-refractivity contribution in [2.45, 2.75) is 33.6 Å². The van der Waals surface area contributed by atoms with Gasteiger partial charge in [0.1, 0.15) is 0 Å². The summed E-state index contributed by atoms with van der Waals surface area (Å²) >= 11 is 4.62. The van der Waals surface area contributed by atoms with Gasteiger partial charge in [0, 0.05) is 5.92 Å². The Hall–Kier alpha value is -1.47. The smallest absolute Gasteiger partial charge is 0.0000408 e. The van der Waals surface area contributed by atoms with Crippen LogP contribution in [0, 0.1) is 18.8 Å². The van der Waals surface area contributed by atoms with Gasteiger partial charge in [-0.2, -0.15) is 0 Å². The van der Waals surface area contributed by atoms with Gasteiger partial charge in [0.25, 0.3) is 0 Å². The summed E-state index contributed by atoms with van der Waals surface area (Å²) in [5.41, 5.74) is 4.92. The molecule has 1 aromatic carbocycles. The lowest BCUT2D eigenvalue weighted by Gasteiger charge is -2.17. The fourth-order valence-corrected chi connectivity index (χ4v) is 2.99. The Labute approximate surface area is 140 Å². The number of aryl methyl sites for hydroxylation is 1. The first-order chi connectivity index (χ1) is 10.5. The molecule has 1 aliphatic rings. The lowest BCUT2D eigenvalue weighted by atomic mass is 9.89. The minimum Gasteiger partial charge on any atom is -0.148 e. The Kier molecular flexibility index (Phi) is 5.90. The van der Waals surface area contributed by atoms with Crippen LogP contribution in [-0.2, 0) is 0 Å². The van der Waals surface area contributed by atoms with Crippen LogP contribution < -0.4 is 0 Å². The van der Waals surface area contributed by atoms with Gasteiger partial charge in [-0.3, -0.25) is 0 Å². The summed E-state index contributed by atoms with van der Waals surface area (Å²) in [5, 5.41) is 0. The van der Waals surface area contributed by atoms with Crippen molar-refractivity contribution in [2.24, 2.45) is 11.8 Å². The first kappa shape index (κ1) is 16.9. The van der Waals surface area contributed by atoms with Crippen molar-refractivity contribution >= 4 is 18.7 Å². The van der Waals surface area contributed by atoms with Gasteiger partial charge in [0.05, 0.1) is 0 Å². The van der Waals surface area contributed by atoms with E-state index < -0.39 is 0 Å². The molecule has 0 aromatic heterocycles. The summed E-state index contributed by atoms with van der Waals surface area (Å²) < 4.78 is 0. The molecule has 2 unspecified atom stereocenters. The Balaban J connectivity index is 2.43. The third kappa shape index (κ3) is 4.51. The van der Waals surface area contributed by atoms with Crippen molar-refractivity contribution in [1.29, 1.82) is 0 Å². The van der Waals surface area contributed by atoms with Crippen LogP contribution in [0.25, 0.3) is 6.08 Å². The van der Waals surface area contributed by atoms with Crippen LogP contribution in [0.4, 0.5) is 0 Å². The second-order valence-electron chi connectivity index (χ2n) is 6.30. The van der Waals surface area contributed by atoms with Gasteiger partial charge < -0.3 is 0 Å². The highest BCUT2D eigenvalue weighted by Crippen LogP contribution is 2.29. The van der Waals surface area contributed by atoms with E-state index in [1.807, 2.05) is 0 Å². The van der Waals surface area contributed by atoms with E-state index in [0.29, 0.717) is 11.8 Å². The van der Waals surface area contributed by atoms with E-state index in [-0.39, 0.29) is 0 Å². The third-order valence-electron chi connectivity index (χ3n) is 4.32. The minimum absolute atomic E-state index is 0.306. The maximum Gasteiger partial charge on any atom is 0.0000408 e. The number of hydrogen-bond donors (Lipinski definition) is 1. The maximum absolute atomic E-state index is 4.62. The standard InChI is InChI=1S/C21H26S/c1-15-9-11-20(14-19-8-6-5-7-16(19)2)18(4)17(3)13-21(22)12-10-15/h5-9,11,13-15,17,22H,4,10,12H2,1-3H3/b11-9-,20-14-,21-13+. The number of rotatable bonds is 1. The van der Waals surface area contributed by atoms with E-state index in [0.717, 1.165) is 18.4 Å². The Morgan fingerprint density at radius 2 is 1.95 bits per heavy atom. The molecule has 0 nitrogen and oxygen atoms in total. The van der Waals surface area contributed by atoms with Crippen LogP contribution in [0.1, 0.15) is 37.8 Å². The third-order valence-corrected chi connectivity index (χ3v) is 4.70. The molecule has 116 valence electrons. The first-order valence-electron chi connectivity index (χ1n) is 8.01. The molecule has 0 bridgehead atoms. The average molecular weight is 311 g/mol. The molecule has 0 radical (unpaired) electrons. The summed E-state index contributed by atoms with van der Waals surface area (Å²) in [6.07, 6.45) is 11.2. The zero-order valence-electron chi connectivity index (χ0n) is 13.8. The lowest BCUT2D eigenvalue weighted by Crippen LogP contribution is -2.01. The summed E-state index contributed by atoms with van der Waals surface area (Å²) in [7, 11) is 0. The fraction of sp³-hybridized carbons (Fsp3) is 0.333. The number of hydrogen-bond acceptors (Lipinski definition) is 1. The largest absolute Gasteiger partial charge is 0.148 e. The normalized spacial score (nSPS) is 29.0. The predicted molar refractivity (Wildman–Crippen MR) is 102 cm³/mol. The first-order valence-corrected chi connectivity index (χ1v) is 8.46. The van der Waals surface area contributed by atoms with Crippen molar-refractivity contribution in [3.63, 3.8) is 0 Å². The van der Waals surface area contributed by atoms with Crippen LogP contribution in [0.5, 0.6) is 0 Å². The van der Waals surface area contributed by atoms with Crippen LogP contribution in [0.15, 0.2) is 65.1 Å². The van der Waals surface area contributed by atoms with Gasteiger partial charge >= 0.3 is 0 Å². The van der Waals surface area contributed by atoms with Gasteiger partial charge in [-0.15, -0.1) is 12.6 Å². The van der Waals surface area contributed by atoms with E-state index >= 15 is 0 Å². The molecule has 0 saturated carbocycles. The van der Waals surface area contributed by atoms with Crippen molar-refractivity contribution in [2.75, 3.05) is 0 Å². The zero-order chi connectivity index (χ0) is 16.1. The highest BCUT2D eigenvalue weighted by molar-refractivity contribution is 7.84. The summed E-state index contributed by atoms with van der Waals surface area (Å²) in [5.74, 6) is 0.859. The van der Waals surface area contributed by atoms with Crippen LogP contribution >= 0.6 is 12.6 Å². The molecular weight excluding hydrogens is 284 g/mol. The average Bonchev–Trinajstić information content (AvgIpc) is 2.49. The molecular formula is C21H26S. The topological polar surface area (TPSA) is 0 Å². The van der Waals surface area contributed by atoms with Gasteiger partial charge in [-0.05, 0) is 58.9 Å². The van der Waals surface area contributed by atoms with Crippen molar-refractivity contribution in [1.82, 2.24) is 0 Å². The number of allylic oxidation sites excluding steroid dienone is 6. The Morgan fingerprint density at radius 1 is 1.23 bits per heavy atom. The van der Waals surface area contributed by atoms with Crippen LogP contribution in [0.3, 0.4) is 0 Å². The van der Waals surface area contributed by atoms with E-state index in [1.165, 1.54) is 21.6 Å². The van der Waals surface area contributed by atoms with Gasteiger partial charge in [0.15, 0.2) is 0 Å². The van der Waals surface area contributed by atoms with Crippen molar-refractivity contribution in [3.05, 3.63) is 76.3 Å². The van der Waals surface area contributed by atoms with E-state index in [1.54, 1.807) is 0 Å². The second-order valence-corrected chi connectivity index (χ2v) is 6.88. The maximum atomic E-state index is 4.62. The Bertz CT molecular complexity index is 631. The molecule has 0 N–H and O–H groups in total. The summed E-state index contributed by atoms with van der Waals surface area (Å²) in [4.78, 5) is 1.17. The minimum atomic E-state index is 0.306. The highest BCUT2D eigenvalue weighted by Gasteiger charge is 2.11.